The smallest absolute Gasteiger partial charge is 0.462 e. The minimum Gasteiger partial charge on any atom is -0.462 e. The average Bonchev–Trinajstić information content (AvgIpc) is 0.900. The van der Waals surface area contributed by atoms with E-state index in [2.05, 4.69) is 27.7 Å². The predicted molar refractivity (Wildman–Crippen MR) is 446 cm³/mol. The van der Waals surface area contributed by atoms with Crippen molar-refractivity contribution >= 4 is 39.5 Å². The molecule has 19 heteroatoms. The number of carbonyl (C=O) groups is 4. The lowest BCUT2D eigenvalue weighted by Gasteiger charge is -2.21. The van der Waals surface area contributed by atoms with E-state index in [1.165, 1.54) is 321 Å². The van der Waals surface area contributed by atoms with Crippen LogP contribution in [0, 0.1) is 0 Å². The lowest BCUT2D eigenvalue weighted by molar-refractivity contribution is -0.161. The van der Waals surface area contributed by atoms with E-state index < -0.39 is 97.5 Å². The first-order chi connectivity index (χ1) is 52.7. The highest BCUT2D eigenvalue weighted by Gasteiger charge is 2.30. The third-order valence-corrected chi connectivity index (χ3v) is 23.0. The standard InChI is InChI=1S/C89H174O17P2/c1-5-9-13-17-21-25-29-32-35-38-41-42-43-44-47-50-53-56-60-64-68-72-76-89(94)106-85(80-100-87(92)74-70-66-62-58-54-51-48-45-39-36-33-30-26-22-18-14-10-6-2)82-104-108(97,98)102-78-83(90)77-101-107(95,96)103-81-84(79-99-86(91)73-69-65-61-57-28-24-20-16-12-8-4)105-88(93)75-71-67-63-59-55-52-49-46-40-37-34-31-27-23-19-15-11-7-3/h83-85,90H,5-82H2,1-4H3,(H,95,96)(H,97,98)/t83-,84+,85+/m0/s1. The van der Waals surface area contributed by atoms with Gasteiger partial charge in [-0.15, -0.1) is 0 Å². The molecule has 17 nitrogen and oxygen atoms in total. The molecule has 0 spiro atoms. The summed E-state index contributed by atoms with van der Waals surface area (Å²) in [5, 5.41) is 10.7. The Morgan fingerprint density at radius 3 is 0.546 bits per heavy atom. The molecule has 0 aromatic carbocycles. The molecule has 0 aromatic rings. The molecular formula is C89H174O17P2. The molecule has 0 aliphatic heterocycles. The summed E-state index contributed by atoms with van der Waals surface area (Å²) in [5.74, 6) is -2.09. The Labute approximate surface area is 664 Å². The van der Waals surface area contributed by atoms with Gasteiger partial charge in [0, 0.05) is 25.7 Å². The first kappa shape index (κ1) is 106. The van der Waals surface area contributed by atoms with Crippen molar-refractivity contribution < 1.29 is 80.2 Å². The molecule has 0 fully saturated rings. The third-order valence-electron chi connectivity index (χ3n) is 21.1. The van der Waals surface area contributed by atoms with E-state index in [0.29, 0.717) is 25.7 Å². The second-order valence-corrected chi connectivity index (χ2v) is 34.9. The van der Waals surface area contributed by atoms with Gasteiger partial charge in [0.25, 0.3) is 0 Å². The summed E-state index contributed by atoms with van der Waals surface area (Å²) in [7, 11) is -9.93. The topological polar surface area (TPSA) is 237 Å². The minimum atomic E-state index is -4.97. The number of hydrogen-bond donors (Lipinski definition) is 3. The number of rotatable bonds is 90. The number of carbonyl (C=O) groups excluding carboxylic acids is 4. The van der Waals surface area contributed by atoms with Gasteiger partial charge in [-0.25, -0.2) is 9.13 Å². The highest BCUT2D eigenvalue weighted by molar-refractivity contribution is 7.47. The maximum atomic E-state index is 13.2. The summed E-state index contributed by atoms with van der Waals surface area (Å²) in [5.41, 5.74) is 0. The van der Waals surface area contributed by atoms with E-state index in [0.717, 1.165) is 89.9 Å². The molecule has 0 bridgehead atoms. The zero-order valence-electron chi connectivity index (χ0n) is 70.8. The van der Waals surface area contributed by atoms with E-state index in [-0.39, 0.29) is 25.7 Å². The van der Waals surface area contributed by atoms with Crippen molar-refractivity contribution in [2.45, 2.75) is 508 Å². The summed E-state index contributed by atoms with van der Waals surface area (Å²) in [4.78, 5) is 73.3. The van der Waals surface area contributed by atoms with Crippen LogP contribution in [-0.2, 0) is 65.4 Å². The number of phosphoric acid groups is 2. The molecule has 0 saturated heterocycles. The zero-order chi connectivity index (χ0) is 78.9. The average molecular weight is 1580 g/mol. The van der Waals surface area contributed by atoms with Gasteiger partial charge in [-0.1, -0.05) is 439 Å². The van der Waals surface area contributed by atoms with Gasteiger partial charge in [-0.3, -0.25) is 37.3 Å². The van der Waals surface area contributed by atoms with Crippen LogP contribution in [0.5, 0.6) is 0 Å². The number of aliphatic hydroxyl groups excluding tert-OH is 1. The Hall–Kier alpha value is -1.94. The summed E-state index contributed by atoms with van der Waals surface area (Å²) in [6.07, 6.45) is 79.3. The number of hydrogen-bond acceptors (Lipinski definition) is 15. The number of esters is 4. The van der Waals surface area contributed by atoms with Crippen LogP contribution in [-0.4, -0.2) is 96.7 Å². The van der Waals surface area contributed by atoms with E-state index in [4.69, 9.17) is 37.0 Å². The summed E-state index contributed by atoms with van der Waals surface area (Å²) >= 11 is 0. The Balaban J connectivity index is 5.21. The molecule has 0 heterocycles. The van der Waals surface area contributed by atoms with E-state index in [9.17, 15) is 43.2 Å². The lowest BCUT2D eigenvalue weighted by Crippen LogP contribution is -2.30. The number of aliphatic hydroxyl groups is 1. The highest BCUT2D eigenvalue weighted by Crippen LogP contribution is 2.45. The molecule has 5 atom stereocenters. The molecule has 0 rings (SSSR count). The Kier molecular flexibility index (Phi) is 81.5. The Morgan fingerprint density at radius 1 is 0.222 bits per heavy atom. The zero-order valence-corrected chi connectivity index (χ0v) is 72.6. The molecule has 0 aliphatic rings. The Bertz CT molecular complexity index is 2030. The van der Waals surface area contributed by atoms with Crippen molar-refractivity contribution in [3.05, 3.63) is 0 Å². The van der Waals surface area contributed by atoms with Gasteiger partial charge >= 0.3 is 39.5 Å². The van der Waals surface area contributed by atoms with Gasteiger partial charge in [0.2, 0.25) is 0 Å². The van der Waals surface area contributed by atoms with Crippen molar-refractivity contribution in [1.29, 1.82) is 0 Å². The molecule has 108 heavy (non-hydrogen) atoms. The molecular weight excluding hydrogens is 1400 g/mol. The van der Waals surface area contributed by atoms with Gasteiger partial charge in [0.05, 0.1) is 26.4 Å². The van der Waals surface area contributed by atoms with E-state index in [1.54, 1.807) is 0 Å². The maximum absolute atomic E-state index is 13.2. The summed E-state index contributed by atoms with van der Waals surface area (Å²) in [6, 6.07) is 0. The Morgan fingerprint density at radius 2 is 0.370 bits per heavy atom. The van der Waals surface area contributed by atoms with Gasteiger partial charge in [-0.05, 0) is 25.7 Å². The van der Waals surface area contributed by atoms with Gasteiger partial charge in [-0.2, -0.15) is 0 Å². The fourth-order valence-electron chi connectivity index (χ4n) is 14.1. The summed E-state index contributed by atoms with van der Waals surface area (Å²) in [6.45, 7) is 5.07. The fraction of sp³-hybridized carbons (Fsp3) is 0.955. The molecule has 0 radical (unpaired) electrons. The SMILES string of the molecule is CCCCCCCCCCCCCCCCCCCCCCCCC(=O)O[C@H](COC(=O)CCCCCCCCCCCCCCCCCCCC)COP(=O)(O)OC[C@@H](O)COP(=O)(O)OC[C@@H](COC(=O)CCCCCCCCCCCC)OC(=O)CCCCCCCCCCCCCCCCCCCC. The van der Waals surface area contributed by atoms with Crippen molar-refractivity contribution in [3.8, 4) is 0 Å². The number of phosphoric ester groups is 2. The van der Waals surface area contributed by atoms with E-state index >= 15 is 0 Å². The van der Waals surface area contributed by atoms with Crippen LogP contribution in [0.4, 0.5) is 0 Å². The molecule has 0 aliphatic carbocycles. The van der Waals surface area contributed by atoms with Crippen LogP contribution in [0.1, 0.15) is 490 Å². The van der Waals surface area contributed by atoms with Gasteiger partial charge in [0.1, 0.15) is 19.3 Å². The maximum Gasteiger partial charge on any atom is 0.472 e. The molecule has 642 valence electrons. The predicted octanol–water partition coefficient (Wildman–Crippen LogP) is 27.7. The second kappa shape index (κ2) is 83.0. The van der Waals surface area contributed by atoms with E-state index in [1.807, 2.05) is 0 Å². The van der Waals surface area contributed by atoms with Crippen molar-refractivity contribution in [3.63, 3.8) is 0 Å². The number of ether oxygens (including phenoxy) is 4. The number of unbranched alkanes of at least 4 members (excludes halogenated alkanes) is 64. The van der Waals surface area contributed by atoms with Crippen molar-refractivity contribution in [2.24, 2.45) is 0 Å². The molecule has 2 unspecified atom stereocenters. The largest absolute Gasteiger partial charge is 0.472 e. The first-order valence-electron chi connectivity index (χ1n) is 46.3. The lowest BCUT2D eigenvalue weighted by atomic mass is 10.0. The minimum absolute atomic E-state index is 0.109. The normalized spacial score (nSPS) is 13.7. The summed E-state index contributed by atoms with van der Waals surface area (Å²) < 4.78 is 69.0. The monoisotopic (exact) mass is 1580 g/mol. The molecule has 0 saturated carbocycles. The quantitative estimate of drug-likeness (QED) is 0.0222. The molecule has 3 N–H and O–H groups in total. The first-order valence-corrected chi connectivity index (χ1v) is 49.3. The van der Waals surface area contributed by atoms with Crippen molar-refractivity contribution in [1.82, 2.24) is 0 Å². The highest BCUT2D eigenvalue weighted by atomic mass is 31.2. The molecule has 0 amide bonds. The van der Waals surface area contributed by atoms with Crippen LogP contribution in [0.3, 0.4) is 0 Å². The van der Waals surface area contributed by atoms with Crippen LogP contribution in [0.15, 0.2) is 0 Å². The third kappa shape index (κ3) is 82.1. The van der Waals surface area contributed by atoms with Gasteiger partial charge < -0.3 is 33.8 Å². The fourth-order valence-corrected chi connectivity index (χ4v) is 15.6. The van der Waals surface area contributed by atoms with Crippen LogP contribution >= 0.6 is 15.6 Å². The van der Waals surface area contributed by atoms with Crippen LogP contribution < -0.4 is 0 Å². The van der Waals surface area contributed by atoms with Crippen LogP contribution in [0.25, 0.3) is 0 Å². The van der Waals surface area contributed by atoms with Gasteiger partial charge in [0.15, 0.2) is 12.2 Å². The molecule has 0 aromatic heterocycles. The second-order valence-electron chi connectivity index (χ2n) is 32.0. The van der Waals surface area contributed by atoms with Crippen LogP contribution in [0.2, 0.25) is 0 Å². The van der Waals surface area contributed by atoms with Crippen molar-refractivity contribution in [2.75, 3.05) is 39.6 Å².